The van der Waals surface area contributed by atoms with Gasteiger partial charge in [-0.3, -0.25) is 14.2 Å². The van der Waals surface area contributed by atoms with Crippen molar-refractivity contribution in [2.24, 2.45) is 0 Å². The Balaban J connectivity index is 2.09. The van der Waals surface area contributed by atoms with Gasteiger partial charge in [-0.2, -0.15) is 5.26 Å². The minimum Gasteiger partial charge on any atom is -0.446 e. The van der Waals surface area contributed by atoms with Gasteiger partial charge in [0.15, 0.2) is 11.6 Å². The predicted molar refractivity (Wildman–Crippen MR) is 106 cm³/mol. The maximum Gasteiger partial charge on any atom is 0.297 e. The zero-order valence-electron chi connectivity index (χ0n) is 16.0. The third-order valence-corrected chi connectivity index (χ3v) is 4.52. The maximum atomic E-state index is 14.5. The molecule has 1 aromatic carbocycles. The second-order valence-electron chi connectivity index (χ2n) is 6.48. The fraction of sp³-hybridized carbons (Fsp3) is 0.200. The topological polar surface area (TPSA) is 121 Å². The SMILES string of the molecule is C[C@H](F)c1ncn(Cc2ccc(CO)[nH]c2=O)c(=O)c1Oc1cc(Cl)cc(C#N)c1F. The van der Waals surface area contributed by atoms with Gasteiger partial charge in [0, 0.05) is 22.3 Å². The van der Waals surface area contributed by atoms with Crippen molar-refractivity contribution in [3.8, 4) is 17.6 Å². The second kappa shape index (κ2) is 9.07. The van der Waals surface area contributed by atoms with Crippen LogP contribution in [0.15, 0.2) is 40.2 Å². The van der Waals surface area contributed by atoms with Crippen LogP contribution in [0.4, 0.5) is 8.78 Å². The first kappa shape index (κ1) is 22.1. The van der Waals surface area contributed by atoms with Crippen molar-refractivity contribution in [1.29, 1.82) is 5.26 Å². The molecule has 0 spiro atoms. The number of halogens is 3. The van der Waals surface area contributed by atoms with E-state index in [-0.39, 0.29) is 35.1 Å². The van der Waals surface area contributed by atoms with Crippen LogP contribution in [0.5, 0.6) is 11.5 Å². The largest absolute Gasteiger partial charge is 0.446 e. The molecule has 0 amide bonds. The van der Waals surface area contributed by atoms with Gasteiger partial charge in [0.25, 0.3) is 11.1 Å². The molecule has 3 aromatic rings. The highest BCUT2D eigenvalue weighted by atomic mass is 35.5. The highest BCUT2D eigenvalue weighted by Crippen LogP contribution is 2.31. The third-order valence-electron chi connectivity index (χ3n) is 4.30. The van der Waals surface area contributed by atoms with Crippen LogP contribution in [0.3, 0.4) is 0 Å². The standard InChI is InChI=1S/C20H15ClF2N4O4/c1-10(22)17-18(31-15-5-13(21)4-12(6-24)16(15)23)20(30)27(9-25-17)7-11-2-3-14(8-28)26-19(11)29/h2-5,9-10,28H,7-8H2,1H3,(H,26,29)/t10-/m0/s1. The number of aliphatic hydroxyl groups excluding tert-OH is 1. The molecular formula is C20H15ClF2N4O4. The molecule has 0 saturated heterocycles. The van der Waals surface area contributed by atoms with Crippen LogP contribution in [0, 0.1) is 17.1 Å². The predicted octanol–water partition coefficient (Wildman–Crippen LogP) is 2.96. The normalized spacial score (nSPS) is 11.7. The van der Waals surface area contributed by atoms with Crippen LogP contribution in [0.1, 0.15) is 35.6 Å². The summed E-state index contributed by atoms with van der Waals surface area (Å²) in [6.45, 7) is 0.506. The molecule has 31 heavy (non-hydrogen) atoms. The fourth-order valence-corrected chi connectivity index (χ4v) is 2.96. The number of hydrogen-bond acceptors (Lipinski definition) is 6. The van der Waals surface area contributed by atoms with E-state index in [1.807, 2.05) is 0 Å². The summed E-state index contributed by atoms with van der Waals surface area (Å²) in [6.07, 6.45) is -0.697. The number of alkyl halides is 1. The molecule has 11 heteroatoms. The molecule has 0 aliphatic rings. The van der Waals surface area contributed by atoms with E-state index in [0.717, 1.165) is 30.0 Å². The number of rotatable bonds is 6. The Morgan fingerprint density at radius 1 is 1.39 bits per heavy atom. The van der Waals surface area contributed by atoms with E-state index in [9.17, 15) is 18.4 Å². The number of aliphatic hydroxyl groups is 1. The van der Waals surface area contributed by atoms with Crippen LogP contribution in [-0.2, 0) is 13.2 Å². The molecule has 2 heterocycles. The molecule has 1 atom stereocenters. The lowest BCUT2D eigenvalue weighted by Gasteiger charge is -2.14. The lowest BCUT2D eigenvalue weighted by atomic mass is 10.2. The van der Waals surface area contributed by atoms with Gasteiger partial charge in [-0.1, -0.05) is 11.6 Å². The van der Waals surface area contributed by atoms with Crippen molar-refractivity contribution in [1.82, 2.24) is 14.5 Å². The summed E-state index contributed by atoms with van der Waals surface area (Å²) in [4.78, 5) is 31.4. The molecule has 0 saturated carbocycles. The lowest BCUT2D eigenvalue weighted by molar-refractivity contribution is 0.276. The molecule has 0 radical (unpaired) electrons. The second-order valence-corrected chi connectivity index (χ2v) is 6.92. The highest BCUT2D eigenvalue weighted by Gasteiger charge is 2.22. The first-order chi connectivity index (χ1) is 14.7. The quantitative estimate of drug-likeness (QED) is 0.598. The average Bonchev–Trinajstić information content (AvgIpc) is 2.74. The van der Waals surface area contributed by atoms with E-state index in [0.29, 0.717) is 0 Å². The number of nitriles is 1. The highest BCUT2D eigenvalue weighted by molar-refractivity contribution is 6.30. The van der Waals surface area contributed by atoms with Crippen molar-refractivity contribution >= 4 is 11.6 Å². The Kier molecular flexibility index (Phi) is 6.48. The smallest absolute Gasteiger partial charge is 0.297 e. The molecule has 160 valence electrons. The summed E-state index contributed by atoms with van der Waals surface area (Å²) in [5.74, 6) is -2.23. The van der Waals surface area contributed by atoms with Crippen molar-refractivity contribution in [3.63, 3.8) is 0 Å². The molecule has 2 aromatic heterocycles. The average molecular weight is 449 g/mol. The van der Waals surface area contributed by atoms with Crippen LogP contribution in [-0.4, -0.2) is 19.6 Å². The van der Waals surface area contributed by atoms with Crippen LogP contribution in [0.2, 0.25) is 5.02 Å². The first-order valence-corrected chi connectivity index (χ1v) is 9.25. The summed E-state index contributed by atoms with van der Waals surface area (Å²) in [5.41, 5.74) is -1.77. The summed E-state index contributed by atoms with van der Waals surface area (Å²) in [5, 5.41) is 18.1. The van der Waals surface area contributed by atoms with Crippen LogP contribution < -0.4 is 15.9 Å². The fourth-order valence-electron chi connectivity index (χ4n) is 2.75. The molecule has 0 bridgehead atoms. The zero-order valence-corrected chi connectivity index (χ0v) is 16.8. The van der Waals surface area contributed by atoms with Crippen molar-refractivity contribution in [3.05, 3.63) is 84.7 Å². The molecule has 2 N–H and O–H groups in total. The Morgan fingerprint density at radius 2 is 2.13 bits per heavy atom. The van der Waals surface area contributed by atoms with Gasteiger partial charge in [0.05, 0.1) is 25.0 Å². The van der Waals surface area contributed by atoms with Gasteiger partial charge >= 0.3 is 0 Å². The molecule has 0 fully saturated rings. The number of pyridine rings is 1. The van der Waals surface area contributed by atoms with E-state index >= 15 is 0 Å². The number of hydrogen-bond donors (Lipinski definition) is 2. The minimum absolute atomic E-state index is 0.0254. The number of ether oxygens (including phenoxy) is 1. The van der Waals surface area contributed by atoms with E-state index in [2.05, 4.69) is 9.97 Å². The van der Waals surface area contributed by atoms with Gasteiger partial charge < -0.3 is 14.8 Å². The van der Waals surface area contributed by atoms with E-state index < -0.39 is 40.2 Å². The maximum absolute atomic E-state index is 14.5. The van der Waals surface area contributed by atoms with Crippen molar-refractivity contribution in [2.45, 2.75) is 26.2 Å². The summed E-state index contributed by atoms with van der Waals surface area (Å²) in [6, 6.07) is 6.61. The Hall–Kier alpha value is -3.55. The van der Waals surface area contributed by atoms with Crippen molar-refractivity contribution in [2.75, 3.05) is 0 Å². The minimum atomic E-state index is -1.73. The van der Waals surface area contributed by atoms with Gasteiger partial charge in [0.2, 0.25) is 5.75 Å². The number of aromatic amines is 1. The molecule has 8 nitrogen and oxygen atoms in total. The Morgan fingerprint density at radius 3 is 2.74 bits per heavy atom. The molecule has 3 rings (SSSR count). The summed E-state index contributed by atoms with van der Waals surface area (Å²) < 4.78 is 34.9. The number of benzene rings is 1. The number of nitrogens with one attached hydrogen (secondary N) is 1. The first-order valence-electron chi connectivity index (χ1n) is 8.87. The summed E-state index contributed by atoms with van der Waals surface area (Å²) >= 11 is 5.86. The Bertz CT molecular complexity index is 1300. The van der Waals surface area contributed by atoms with E-state index in [1.165, 1.54) is 12.1 Å². The third kappa shape index (κ3) is 4.63. The van der Waals surface area contributed by atoms with Gasteiger partial charge in [-0.15, -0.1) is 0 Å². The van der Waals surface area contributed by atoms with Gasteiger partial charge in [0.1, 0.15) is 17.9 Å². The van der Waals surface area contributed by atoms with Crippen molar-refractivity contribution < 1.29 is 18.6 Å². The number of nitrogens with zero attached hydrogens (tertiary/aromatic N) is 3. The molecule has 0 aliphatic heterocycles. The molecule has 0 aliphatic carbocycles. The van der Waals surface area contributed by atoms with E-state index in [1.54, 1.807) is 6.07 Å². The Labute approximate surface area is 178 Å². The lowest BCUT2D eigenvalue weighted by Crippen LogP contribution is -2.27. The monoisotopic (exact) mass is 448 g/mol. The number of H-pyrrole nitrogens is 1. The molecule has 0 unspecified atom stereocenters. The van der Waals surface area contributed by atoms with Gasteiger partial charge in [-0.25, -0.2) is 13.8 Å². The number of aromatic nitrogens is 3. The van der Waals surface area contributed by atoms with Crippen LogP contribution >= 0.6 is 11.6 Å². The summed E-state index contributed by atoms with van der Waals surface area (Å²) in [7, 11) is 0. The van der Waals surface area contributed by atoms with Gasteiger partial charge in [-0.05, 0) is 25.1 Å². The molecular weight excluding hydrogens is 434 g/mol. The zero-order chi connectivity index (χ0) is 22.7. The van der Waals surface area contributed by atoms with E-state index in [4.69, 9.17) is 26.7 Å². The van der Waals surface area contributed by atoms with Crippen LogP contribution in [0.25, 0.3) is 0 Å².